The lowest BCUT2D eigenvalue weighted by Crippen LogP contribution is -1.90. The smallest absolute Gasteiger partial charge is 0.127 e. The maximum Gasteiger partial charge on any atom is 0.127 e. The summed E-state index contributed by atoms with van der Waals surface area (Å²) in [6.07, 6.45) is 5.10. The zero-order chi connectivity index (χ0) is 12.4. The fourth-order valence-corrected chi connectivity index (χ4v) is 1.00. The van der Waals surface area contributed by atoms with E-state index in [1.54, 1.807) is 18.2 Å². The third-order valence-corrected chi connectivity index (χ3v) is 1.74. The summed E-state index contributed by atoms with van der Waals surface area (Å²) in [5.74, 6) is 1.51. The molecule has 1 aromatic carbocycles. The van der Waals surface area contributed by atoms with Crippen LogP contribution < -0.4 is 10.5 Å². The Hall–Kier alpha value is -1.80. The summed E-state index contributed by atoms with van der Waals surface area (Å²) in [5, 5.41) is 0. The second kappa shape index (κ2) is 8.50. The van der Waals surface area contributed by atoms with Crippen molar-refractivity contribution >= 4 is 0 Å². The van der Waals surface area contributed by atoms with E-state index in [2.05, 4.69) is 18.9 Å². The molecule has 0 aliphatic heterocycles. The van der Waals surface area contributed by atoms with Gasteiger partial charge in [-0.1, -0.05) is 36.9 Å². The van der Waals surface area contributed by atoms with Crippen LogP contribution in [0.1, 0.15) is 5.56 Å². The van der Waals surface area contributed by atoms with Gasteiger partial charge in [-0.05, 0) is 38.3 Å². The van der Waals surface area contributed by atoms with E-state index in [0.29, 0.717) is 5.76 Å². The van der Waals surface area contributed by atoms with E-state index in [-0.39, 0.29) is 0 Å². The summed E-state index contributed by atoms with van der Waals surface area (Å²) in [4.78, 5) is 0. The molecule has 0 spiro atoms. The number of aryl methyl sites for hydroxylation is 1. The summed E-state index contributed by atoms with van der Waals surface area (Å²) < 4.78 is 5.53. The average Bonchev–Trinajstić information content (AvgIpc) is 2.34. The van der Waals surface area contributed by atoms with Gasteiger partial charge in [0, 0.05) is 0 Å². The van der Waals surface area contributed by atoms with E-state index >= 15 is 0 Å². The van der Waals surface area contributed by atoms with Crippen LogP contribution in [0.5, 0.6) is 5.75 Å². The maximum absolute atomic E-state index is 5.53. The summed E-state index contributed by atoms with van der Waals surface area (Å²) in [7, 11) is 1.50. The molecule has 0 heterocycles. The van der Waals surface area contributed by atoms with E-state index in [9.17, 15) is 0 Å². The maximum atomic E-state index is 5.53. The van der Waals surface area contributed by atoms with Crippen molar-refractivity contribution < 1.29 is 4.74 Å². The Morgan fingerprint density at radius 1 is 1.19 bits per heavy atom. The fourth-order valence-electron chi connectivity index (χ4n) is 1.00. The molecule has 16 heavy (non-hydrogen) atoms. The van der Waals surface area contributed by atoms with Crippen LogP contribution in [0.25, 0.3) is 0 Å². The van der Waals surface area contributed by atoms with Gasteiger partial charge in [0.1, 0.15) is 11.5 Å². The predicted octanol–water partition coefficient (Wildman–Crippen LogP) is 3.20. The molecule has 2 heteroatoms. The molecule has 0 saturated heterocycles. The number of hydrogen-bond acceptors (Lipinski definition) is 2. The number of allylic oxidation sites excluding steroid dienone is 3. The van der Waals surface area contributed by atoms with Gasteiger partial charge in [0.25, 0.3) is 0 Å². The van der Waals surface area contributed by atoms with Gasteiger partial charge in [0.05, 0.1) is 0 Å². The van der Waals surface area contributed by atoms with Gasteiger partial charge in [-0.25, -0.2) is 0 Å². The minimum absolute atomic E-state index is 0.698. The van der Waals surface area contributed by atoms with Crippen molar-refractivity contribution in [3.63, 3.8) is 0 Å². The van der Waals surface area contributed by atoms with Crippen LogP contribution in [-0.2, 0) is 0 Å². The first-order valence-electron chi connectivity index (χ1n) is 5.03. The highest BCUT2D eigenvalue weighted by molar-refractivity contribution is 5.30. The molecule has 0 amide bonds. The van der Waals surface area contributed by atoms with Crippen molar-refractivity contribution in [1.29, 1.82) is 0 Å². The second-order valence-corrected chi connectivity index (χ2v) is 2.92. The Morgan fingerprint density at radius 3 is 2.19 bits per heavy atom. The highest BCUT2D eigenvalue weighted by atomic mass is 16.5. The predicted molar refractivity (Wildman–Crippen MR) is 70.4 cm³/mol. The lowest BCUT2D eigenvalue weighted by atomic mass is 10.2. The molecule has 0 atom stereocenters. The van der Waals surface area contributed by atoms with Crippen molar-refractivity contribution in [3.8, 4) is 5.75 Å². The highest BCUT2D eigenvalue weighted by Gasteiger charge is 1.94. The molecule has 2 nitrogen and oxygen atoms in total. The van der Waals surface area contributed by atoms with Crippen LogP contribution in [0.2, 0.25) is 0 Å². The Balaban J connectivity index is 0.00000106. The Bertz CT molecular complexity index is 350. The molecule has 0 radical (unpaired) electrons. The Labute approximate surface area is 97.7 Å². The van der Waals surface area contributed by atoms with Gasteiger partial charge in [0.15, 0.2) is 0 Å². The van der Waals surface area contributed by atoms with Gasteiger partial charge >= 0.3 is 0 Å². The number of nitrogens with two attached hydrogens (primary N) is 1. The largest absolute Gasteiger partial charge is 0.457 e. The normalized spacial score (nSPS) is 9.81. The summed E-state index contributed by atoms with van der Waals surface area (Å²) in [6.45, 7) is 9.29. The standard InChI is InChI=1S/C13H14O.CH5N/c1-4-6-12(5-2)14-13-9-7-11(3)8-10-13;1-2/h4-10H,1-2H2,3H3;2H2,1H3/b12-6+;. The molecule has 1 aromatic rings. The van der Waals surface area contributed by atoms with Crippen LogP contribution >= 0.6 is 0 Å². The van der Waals surface area contributed by atoms with E-state index in [0.717, 1.165) is 5.75 Å². The summed E-state index contributed by atoms with van der Waals surface area (Å²) in [6, 6.07) is 7.86. The fraction of sp³-hybridized carbons (Fsp3) is 0.143. The molecule has 0 aromatic heterocycles. The average molecular weight is 217 g/mol. The first-order chi connectivity index (χ1) is 7.76. The van der Waals surface area contributed by atoms with Gasteiger partial charge in [0.2, 0.25) is 0 Å². The molecule has 1 rings (SSSR count). The van der Waals surface area contributed by atoms with Crippen LogP contribution in [0.3, 0.4) is 0 Å². The second-order valence-electron chi connectivity index (χ2n) is 2.92. The van der Waals surface area contributed by atoms with Crippen LogP contribution in [-0.4, -0.2) is 7.05 Å². The lowest BCUT2D eigenvalue weighted by molar-refractivity contribution is 0.445. The van der Waals surface area contributed by atoms with Crippen molar-refractivity contribution in [1.82, 2.24) is 0 Å². The van der Waals surface area contributed by atoms with Gasteiger partial charge in [-0.2, -0.15) is 0 Å². The van der Waals surface area contributed by atoms with Crippen molar-refractivity contribution in [2.24, 2.45) is 5.73 Å². The molecular weight excluding hydrogens is 198 g/mol. The lowest BCUT2D eigenvalue weighted by Gasteiger charge is -2.05. The SMILES string of the molecule is C=C/C=C(\C=C)Oc1ccc(C)cc1.CN. The molecule has 86 valence electrons. The molecule has 0 bridgehead atoms. The molecule has 0 aliphatic carbocycles. The van der Waals surface area contributed by atoms with E-state index < -0.39 is 0 Å². The van der Waals surface area contributed by atoms with Gasteiger partial charge < -0.3 is 10.5 Å². The Morgan fingerprint density at radius 2 is 1.75 bits per heavy atom. The number of ether oxygens (including phenoxy) is 1. The first kappa shape index (κ1) is 14.2. The van der Waals surface area contributed by atoms with Crippen molar-refractivity contribution in [3.05, 3.63) is 67.0 Å². The molecule has 0 unspecified atom stereocenters. The van der Waals surface area contributed by atoms with Crippen LogP contribution in [0, 0.1) is 6.92 Å². The summed E-state index contributed by atoms with van der Waals surface area (Å²) in [5.41, 5.74) is 5.71. The third kappa shape index (κ3) is 5.17. The third-order valence-electron chi connectivity index (χ3n) is 1.74. The zero-order valence-electron chi connectivity index (χ0n) is 9.94. The minimum atomic E-state index is 0.698. The topological polar surface area (TPSA) is 35.2 Å². The zero-order valence-corrected chi connectivity index (χ0v) is 9.94. The van der Waals surface area contributed by atoms with E-state index in [1.165, 1.54) is 12.6 Å². The van der Waals surface area contributed by atoms with E-state index in [1.807, 2.05) is 31.2 Å². The quantitative estimate of drug-likeness (QED) is 0.621. The van der Waals surface area contributed by atoms with Crippen molar-refractivity contribution in [2.75, 3.05) is 7.05 Å². The van der Waals surface area contributed by atoms with Crippen molar-refractivity contribution in [2.45, 2.75) is 6.92 Å². The monoisotopic (exact) mass is 217 g/mol. The minimum Gasteiger partial charge on any atom is -0.457 e. The molecule has 0 saturated carbocycles. The van der Waals surface area contributed by atoms with E-state index in [4.69, 9.17) is 4.74 Å². The Kier molecular flexibility index (Phi) is 7.55. The first-order valence-corrected chi connectivity index (χ1v) is 5.03. The number of benzene rings is 1. The van der Waals surface area contributed by atoms with Crippen LogP contribution in [0.4, 0.5) is 0 Å². The molecular formula is C14H19NO. The van der Waals surface area contributed by atoms with Gasteiger partial charge in [-0.3, -0.25) is 0 Å². The highest BCUT2D eigenvalue weighted by Crippen LogP contribution is 2.15. The molecule has 0 fully saturated rings. The van der Waals surface area contributed by atoms with Crippen LogP contribution in [0.15, 0.2) is 61.4 Å². The van der Waals surface area contributed by atoms with Gasteiger partial charge in [-0.15, -0.1) is 0 Å². The summed E-state index contributed by atoms with van der Waals surface area (Å²) >= 11 is 0. The number of hydrogen-bond donors (Lipinski definition) is 1. The number of rotatable bonds is 4. The molecule has 2 N–H and O–H groups in total. The molecule has 0 aliphatic rings.